The van der Waals surface area contributed by atoms with Crippen LogP contribution in [-0.2, 0) is 10.0 Å². The SMILES string of the molecule is O=S(=O)(Nc1cc(Cl)ncn1)c1c[nH]c2ncccc12. The van der Waals surface area contributed by atoms with Gasteiger partial charge in [-0.25, -0.2) is 23.4 Å². The number of sulfonamides is 1. The van der Waals surface area contributed by atoms with Crippen LogP contribution in [0.1, 0.15) is 0 Å². The monoisotopic (exact) mass is 309 g/mol. The van der Waals surface area contributed by atoms with Crippen molar-refractivity contribution in [2.75, 3.05) is 4.72 Å². The number of fused-ring (bicyclic) bond motifs is 1. The minimum Gasteiger partial charge on any atom is -0.345 e. The van der Waals surface area contributed by atoms with Gasteiger partial charge in [-0.1, -0.05) is 11.6 Å². The Bertz CT molecular complexity index is 877. The molecule has 0 aromatic carbocycles. The van der Waals surface area contributed by atoms with Crippen molar-refractivity contribution in [1.29, 1.82) is 0 Å². The highest BCUT2D eigenvalue weighted by molar-refractivity contribution is 7.93. The Balaban J connectivity index is 2.04. The Hall–Kier alpha value is -2.19. The van der Waals surface area contributed by atoms with Crippen LogP contribution >= 0.6 is 11.6 Å². The minimum absolute atomic E-state index is 0.0929. The first-order chi connectivity index (χ1) is 9.56. The molecule has 3 aromatic heterocycles. The molecule has 9 heteroatoms. The second-order valence-electron chi connectivity index (χ2n) is 3.88. The number of H-pyrrole nitrogens is 1. The van der Waals surface area contributed by atoms with Crippen LogP contribution in [0.3, 0.4) is 0 Å². The number of rotatable bonds is 3. The molecule has 0 fully saturated rings. The third kappa shape index (κ3) is 2.30. The van der Waals surface area contributed by atoms with Crippen molar-refractivity contribution in [1.82, 2.24) is 19.9 Å². The summed E-state index contributed by atoms with van der Waals surface area (Å²) in [6.07, 6.45) is 4.13. The number of nitrogens with one attached hydrogen (secondary N) is 2. The Kier molecular flexibility index (Phi) is 3.03. The van der Waals surface area contributed by atoms with Crippen LogP contribution in [0.4, 0.5) is 5.82 Å². The average Bonchev–Trinajstić information content (AvgIpc) is 2.82. The lowest BCUT2D eigenvalue weighted by molar-refractivity contribution is 0.602. The van der Waals surface area contributed by atoms with Gasteiger partial charge in [-0.05, 0) is 12.1 Å². The molecule has 0 spiro atoms. The van der Waals surface area contributed by atoms with Crippen LogP contribution in [0.2, 0.25) is 5.15 Å². The van der Waals surface area contributed by atoms with E-state index < -0.39 is 10.0 Å². The fourth-order valence-corrected chi connectivity index (χ4v) is 3.05. The zero-order valence-electron chi connectivity index (χ0n) is 9.91. The van der Waals surface area contributed by atoms with E-state index in [2.05, 4.69) is 24.7 Å². The van der Waals surface area contributed by atoms with Crippen molar-refractivity contribution in [3.8, 4) is 0 Å². The molecule has 0 bridgehead atoms. The van der Waals surface area contributed by atoms with Crippen LogP contribution in [0.5, 0.6) is 0 Å². The topological polar surface area (TPSA) is 101 Å². The molecule has 0 amide bonds. The Labute approximate surface area is 119 Å². The summed E-state index contributed by atoms with van der Waals surface area (Å²) in [5.74, 6) is 0.100. The summed E-state index contributed by atoms with van der Waals surface area (Å²) in [6.45, 7) is 0. The number of hydrogen-bond donors (Lipinski definition) is 2. The molecular formula is C11H8ClN5O2S. The molecule has 0 unspecified atom stereocenters. The van der Waals surface area contributed by atoms with Crippen LogP contribution in [0.15, 0.2) is 41.8 Å². The van der Waals surface area contributed by atoms with Gasteiger partial charge < -0.3 is 4.98 Å². The highest BCUT2D eigenvalue weighted by atomic mass is 35.5. The van der Waals surface area contributed by atoms with Crippen LogP contribution in [0.25, 0.3) is 11.0 Å². The number of hydrogen-bond acceptors (Lipinski definition) is 5. The number of halogens is 1. The largest absolute Gasteiger partial charge is 0.345 e. The first-order valence-corrected chi connectivity index (χ1v) is 7.35. The van der Waals surface area contributed by atoms with Gasteiger partial charge in [0, 0.05) is 23.8 Å². The number of aromatic nitrogens is 4. The van der Waals surface area contributed by atoms with Gasteiger partial charge in [0.25, 0.3) is 10.0 Å². The van der Waals surface area contributed by atoms with E-state index in [0.29, 0.717) is 11.0 Å². The van der Waals surface area contributed by atoms with E-state index in [1.54, 1.807) is 18.3 Å². The van der Waals surface area contributed by atoms with E-state index in [9.17, 15) is 8.42 Å². The molecule has 0 saturated heterocycles. The van der Waals surface area contributed by atoms with Gasteiger partial charge in [0.2, 0.25) is 0 Å². The molecule has 0 aliphatic carbocycles. The maximum absolute atomic E-state index is 12.3. The summed E-state index contributed by atoms with van der Waals surface area (Å²) >= 11 is 5.69. The lowest BCUT2D eigenvalue weighted by Crippen LogP contribution is -2.13. The van der Waals surface area contributed by atoms with E-state index in [0.717, 1.165) is 0 Å². The molecule has 3 aromatic rings. The first-order valence-electron chi connectivity index (χ1n) is 5.49. The van der Waals surface area contributed by atoms with E-state index in [-0.39, 0.29) is 15.9 Å². The molecule has 0 saturated carbocycles. The second kappa shape index (κ2) is 4.73. The summed E-state index contributed by atoms with van der Waals surface area (Å²) in [7, 11) is -3.78. The molecule has 3 heterocycles. The van der Waals surface area contributed by atoms with Crippen molar-refractivity contribution >= 4 is 38.5 Å². The fraction of sp³-hybridized carbons (Fsp3) is 0. The van der Waals surface area contributed by atoms with Crippen LogP contribution in [0, 0.1) is 0 Å². The van der Waals surface area contributed by atoms with Crippen molar-refractivity contribution in [3.63, 3.8) is 0 Å². The highest BCUT2D eigenvalue weighted by Gasteiger charge is 2.20. The highest BCUT2D eigenvalue weighted by Crippen LogP contribution is 2.23. The van der Waals surface area contributed by atoms with Crippen molar-refractivity contribution in [3.05, 3.63) is 42.1 Å². The summed E-state index contributed by atoms with van der Waals surface area (Å²) in [5.41, 5.74) is 0.494. The first kappa shape index (κ1) is 12.8. The van der Waals surface area contributed by atoms with Gasteiger partial charge in [0.05, 0.1) is 0 Å². The molecule has 102 valence electrons. The minimum atomic E-state index is -3.78. The summed E-state index contributed by atoms with van der Waals surface area (Å²) in [5, 5.41) is 0.651. The second-order valence-corrected chi connectivity index (χ2v) is 5.92. The van der Waals surface area contributed by atoms with Crippen molar-refractivity contribution < 1.29 is 8.42 Å². The fourth-order valence-electron chi connectivity index (χ4n) is 1.74. The average molecular weight is 310 g/mol. The maximum Gasteiger partial charge on any atom is 0.265 e. The molecule has 2 N–H and O–H groups in total. The van der Waals surface area contributed by atoms with Gasteiger partial charge in [-0.3, -0.25) is 4.72 Å². The normalized spacial score (nSPS) is 11.7. The molecular weight excluding hydrogens is 302 g/mol. The molecule has 3 rings (SSSR count). The molecule has 0 radical (unpaired) electrons. The lowest BCUT2D eigenvalue weighted by atomic mass is 10.3. The van der Waals surface area contributed by atoms with Gasteiger partial charge in [0.1, 0.15) is 27.8 Å². The van der Waals surface area contributed by atoms with Gasteiger partial charge >= 0.3 is 0 Å². The number of nitrogens with zero attached hydrogens (tertiary/aromatic N) is 3. The zero-order chi connectivity index (χ0) is 14.2. The number of anilines is 1. The smallest absolute Gasteiger partial charge is 0.265 e. The maximum atomic E-state index is 12.3. The summed E-state index contributed by atoms with van der Waals surface area (Å²) in [6, 6.07) is 4.66. The molecule has 7 nitrogen and oxygen atoms in total. The van der Waals surface area contributed by atoms with Crippen molar-refractivity contribution in [2.45, 2.75) is 4.90 Å². The predicted octanol–water partition coefficient (Wildman–Crippen LogP) is 1.81. The Morgan fingerprint density at radius 3 is 2.90 bits per heavy atom. The van der Waals surface area contributed by atoms with E-state index in [4.69, 9.17) is 11.6 Å². The van der Waals surface area contributed by atoms with E-state index in [1.807, 2.05) is 0 Å². The molecule has 20 heavy (non-hydrogen) atoms. The lowest BCUT2D eigenvalue weighted by Gasteiger charge is -2.05. The number of pyridine rings is 1. The van der Waals surface area contributed by atoms with E-state index >= 15 is 0 Å². The van der Waals surface area contributed by atoms with Crippen LogP contribution in [-0.4, -0.2) is 28.4 Å². The number of aromatic amines is 1. The third-order valence-electron chi connectivity index (χ3n) is 2.58. The van der Waals surface area contributed by atoms with Gasteiger partial charge in [0.15, 0.2) is 0 Å². The third-order valence-corrected chi connectivity index (χ3v) is 4.18. The Morgan fingerprint density at radius 1 is 1.25 bits per heavy atom. The standard InChI is InChI=1S/C11H8ClN5O2S/c12-9-4-10(16-6-15-9)17-20(18,19)8-5-14-11-7(8)2-1-3-13-11/h1-6H,(H,13,14)(H,15,16,17). The van der Waals surface area contributed by atoms with Crippen LogP contribution < -0.4 is 4.72 Å². The Morgan fingerprint density at radius 2 is 2.10 bits per heavy atom. The molecule has 0 atom stereocenters. The van der Waals surface area contributed by atoms with Gasteiger partial charge in [-0.15, -0.1) is 0 Å². The quantitative estimate of drug-likeness (QED) is 0.719. The molecule has 0 aliphatic heterocycles. The predicted molar refractivity (Wildman–Crippen MR) is 73.9 cm³/mol. The zero-order valence-corrected chi connectivity index (χ0v) is 11.5. The van der Waals surface area contributed by atoms with E-state index in [1.165, 1.54) is 18.6 Å². The van der Waals surface area contributed by atoms with Gasteiger partial charge in [-0.2, -0.15) is 0 Å². The summed E-state index contributed by atoms with van der Waals surface area (Å²) in [4.78, 5) is 14.4. The van der Waals surface area contributed by atoms with Crippen molar-refractivity contribution in [2.24, 2.45) is 0 Å². The summed E-state index contributed by atoms with van der Waals surface area (Å²) < 4.78 is 27.0. The molecule has 0 aliphatic rings.